The van der Waals surface area contributed by atoms with Gasteiger partial charge in [0.05, 0.1) is 13.2 Å². The Morgan fingerprint density at radius 2 is 1.95 bits per heavy atom. The summed E-state index contributed by atoms with van der Waals surface area (Å²) in [4.78, 5) is 0. The van der Waals surface area contributed by atoms with Crippen LogP contribution in [0.2, 0.25) is 0 Å². The van der Waals surface area contributed by atoms with Crippen LogP contribution in [-0.4, -0.2) is 13.2 Å². The van der Waals surface area contributed by atoms with Crippen molar-refractivity contribution in [2.24, 2.45) is 5.92 Å². The fraction of sp³-hybridized carbons (Fsp3) is 0.333. The van der Waals surface area contributed by atoms with E-state index in [4.69, 9.17) is 9.05 Å². The Morgan fingerprint density at radius 1 is 1.26 bits per heavy atom. The Hall–Kier alpha value is -1.15. The molecular formula is C15H21O3P. The summed E-state index contributed by atoms with van der Waals surface area (Å²) in [6, 6.07) is 9.63. The molecule has 0 radical (unpaired) electrons. The summed E-state index contributed by atoms with van der Waals surface area (Å²) in [6.45, 7) is 8.15. The highest BCUT2D eigenvalue weighted by atomic mass is 31.2. The number of benzene rings is 1. The zero-order valence-electron chi connectivity index (χ0n) is 11.5. The minimum absolute atomic E-state index is 0.203. The van der Waals surface area contributed by atoms with E-state index in [1.54, 1.807) is 12.2 Å². The third-order valence-corrected chi connectivity index (χ3v) is 3.74. The van der Waals surface area contributed by atoms with Crippen LogP contribution < -0.4 is 0 Å². The van der Waals surface area contributed by atoms with E-state index in [9.17, 15) is 4.57 Å². The quantitative estimate of drug-likeness (QED) is 0.510. The monoisotopic (exact) mass is 280 g/mol. The molecule has 1 aromatic rings. The molecule has 0 fully saturated rings. The van der Waals surface area contributed by atoms with Gasteiger partial charge in [0.2, 0.25) is 0 Å². The number of hydrogen-bond acceptors (Lipinski definition) is 3. The smallest absolute Gasteiger partial charge is 0.305 e. The maximum atomic E-state index is 12.5. The van der Waals surface area contributed by atoms with Gasteiger partial charge in [0.1, 0.15) is 0 Å². The van der Waals surface area contributed by atoms with Gasteiger partial charge in [-0.05, 0) is 17.6 Å². The summed E-state index contributed by atoms with van der Waals surface area (Å²) in [5.41, 5.74) is 0.957. The lowest BCUT2D eigenvalue weighted by atomic mass is 10.2. The van der Waals surface area contributed by atoms with Gasteiger partial charge in [0, 0.05) is 5.82 Å². The highest BCUT2D eigenvalue weighted by Gasteiger charge is 2.20. The average Bonchev–Trinajstić information content (AvgIpc) is 2.42. The zero-order chi connectivity index (χ0) is 14.1. The fourth-order valence-corrected chi connectivity index (χ4v) is 2.69. The van der Waals surface area contributed by atoms with Gasteiger partial charge in [-0.1, -0.05) is 50.3 Å². The second-order valence-corrected chi connectivity index (χ2v) is 6.43. The first-order chi connectivity index (χ1) is 9.06. The van der Waals surface area contributed by atoms with Crippen molar-refractivity contribution in [3.05, 3.63) is 54.4 Å². The van der Waals surface area contributed by atoms with Crippen molar-refractivity contribution in [2.75, 3.05) is 13.2 Å². The van der Waals surface area contributed by atoms with E-state index in [2.05, 4.69) is 6.58 Å². The lowest BCUT2D eigenvalue weighted by molar-refractivity contribution is 0.206. The van der Waals surface area contributed by atoms with Crippen LogP contribution in [0.4, 0.5) is 0 Å². The van der Waals surface area contributed by atoms with Gasteiger partial charge in [0.15, 0.2) is 0 Å². The largest absolute Gasteiger partial charge is 0.354 e. The molecule has 4 heteroatoms. The molecule has 0 aliphatic heterocycles. The Balaban J connectivity index is 2.75. The molecule has 0 saturated heterocycles. The summed E-state index contributed by atoms with van der Waals surface area (Å²) in [7, 11) is -3.21. The van der Waals surface area contributed by atoms with E-state index < -0.39 is 7.60 Å². The third-order valence-electron chi connectivity index (χ3n) is 2.21. The number of rotatable bonds is 8. The standard InChI is InChI=1S/C15H21O3P/c1-4-11-17-19(16,18-13-14(2)3)12-10-15-8-6-5-7-9-15/h4-10,12,14H,1,11,13H2,2-3H3. The van der Waals surface area contributed by atoms with Crippen molar-refractivity contribution in [3.8, 4) is 0 Å². The first kappa shape index (κ1) is 15.9. The van der Waals surface area contributed by atoms with E-state index in [1.807, 2.05) is 44.2 Å². The van der Waals surface area contributed by atoms with Crippen LogP contribution in [0.15, 0.2) is 48.8 Å². The summed E-state index contributed by atoms with van der Waals surface area (Å²) in [5.74, 6) is 1.81. The molecule has 1 rings (SSSR count). The molecule has 3 nitrogen and oxygen atoms in total. The topological polar surface area (TPSA) is 35.5 Å². The molecule has 0 N–H and O–H groups in total. The molecule has 0 aromatic heterocycles. The first-order valence-electron chi connectivity index (χ1n) is 6.30. The molecule has 0 spiro atoms. The van der Waals surface area contributed by atoms with Crippen molar-refractivity contribution in [3.63, 3.8) is 0 Å². The minimum Gasteiger partial charge on any atom is -0.305 e. The lowest BCUT2D eigenvalue weighted by Gasteiger charge is -2.15. The second kappa shape index (κ2) is 8.11. The first-order valence-corrected chi connectivity index (χ1v) is 7.91. The fourth-order valence-electron chi connectivity index (χ4n) is 1.27. The van der Waals surface area contributed by atoms with Crippen molar-refractivity contribution < 1.29 is 13.6 Å². The van der Waals surface area contributed by atoms with E-state index in [1.165, 1.54) is 5.82 Å². The second-order valence-electron chi connectivity index (χ2n) is 4.54. The maximum absolute atomic E-state index is 12.5. The molecule has 1 aromatic carbocycles. The average molecular weight is 280 g/mol. The SMILES string of the molecule is C=CCOP(=O)(C=Cc1ccccc1)OCC(C)C. The van der Waals surface area contributed by atoms with Gasteiger partial charge in [-0.3, -0.25) is 4.57 Å². The van der Waals surface area contributed by atoms with Gasteiger partial charge >= 0.3 is 7.60 Å². The Morgan fingerprint density at radius 3 is 2.53 bits per heavy atom. The maximum Gasteiger partial charge on any atom is 0.354 e. The highest BCUT2D eigenvalue weighted by molar-refractivity contribution is 7.57. The summed E-state index contributed by atoms with van der Waals surface area (Å²) < 4.78 is 23.2. The zero-order valence-corrected chi connectivity index (χ0v) is 12.4. The van der Waals surface area contributed by atoms with E-state index in [-0.39, 0.29) is 6.61 Å². The Bertz CT molecular complexity index is 452. The van der Waals surface area contributed by atoms with Crippen LogP contribution >= 0.6 is 7.60 Å². The molecule has 0 heterocycles. The van der Waals surface area contributed by atoms with Crippen LogP contribution in [0.5, 0.6) is 0 Å². The van der Waals surface area contributed by atoms with Crippen LogP contribution in [0.3, 0.4) is 0 Å². The third kappa shape index (κ3) is 6.53. The van der Waals surface area contributed by atoms with Crippen molar-refractivity contribution in [1.29, 1.82) is 0 Å². The number of hydrogen-bond donors (Lipinski definition) is 0. The molecule has 0 bridgehead atoms. The highest BCUT2D eigenvalue weighted by Crippen LogP contribution is 2.50. The molecule has 104 valence electrons. The van der Waals surface area contributed by atoms with E-state index in [0.717, 1.165) is 5.56 Å². The van der Waals surface area contributed by atoms with Gasteiger partial charge in [-0.15, -0.1) is 6.58 Å². The molecule has 0 saturated carbocycles. The van der Waals surface area contributed by atoms with Crippen LogP contribution in [0, 0.1) is 5.92 Å². The van der Waals surface area contributed by atoms with Crippen LogP contribution in [0.1, 0.15) is 19.4 Å². The summed E-state index contributed by atoms with van der Waals surface area (Å²) in [6.07, 6.45) is 3.31. The van der Waals surface area contributed by atoms with E-state index in [0.29, 0.717) is 12.5 Å². The summed E-state index contributed by atoms with van der Waals surface area (Å²) >= 11 is 0. The van der Waals surface area contributed by atoms with Gasteiger partial charge < -0.3 is 9.05 Å². The van der Waals surface area contributed by atoms with Gasteiger partial charge in [0.25, 0.3) is 0 Å². The van der Waals surface area contributed by atoms with Gasteiger partial charge in [-0.2, -0.15) is 0 Å². The molecule has 0 aliphatic carbocycles. The molecule has 1 unspecified atom stereocenters. The van der Waals surface area contributed by atoms with E-state index >= 15 is 0 Å². The van der Waals surface area contributed by atoms with Crippen LogP contribution in [0.25, 0.3) is 6.08 Å². The Kier molecular flexibility index (Phi) is 6.79. The predicted molar refractivity (Wildman–Crippen MR) is 80.0 cm³/mol. The van der Waals surface area contributed by atoms with Crippen molar-refractivity contribution in [1.82, 2.24) is 0 Å². The predicted octanol–water partition coefficient (Wildman–Crippen LogP) is 4.73. The normalized spacial score (nSPS) is 14.7. The van der Waals surface area contributed by atoms with Crippen LogP contribution in [-0.2, 0) is 13.6 Å². The molecule has 19 heavy (non-hydrogen) atoms. The molecule has 1 atom stereocenters. The summed E-state index contributed by atoms with van der Waals surface area (Å²) in [5, 5.41) is 0. The molecular weight excluding hydrogens is 259 g/mol. The van der Waals surface area contributed by atoms with Crippen molar-refractivity contribution in [2.45, 2.75) is 13.8 Å². The van der Waals surface area contributed by atoms with Crippen molar-refractivity contribution >= 4 is 13.7 Å². The molecule has 0 aliphatic rings. The lowest BCUT2D eigenvalue weighted by Crippen LogP contribution is -2.01. The Labute approximate surface area is 115 Å². The molecule has 0 amide bonds. The minimum atomic E-state index is -3.21. The van der Waals surface area contributed by atoms with Gasteiger partial charge in [-0.25, -0.2) is 0 Å².